The Labute approximate surface area is 97.8 Å². The normalized spacial score (nSPS) is 10.7. The van der Waals surface area contributed by atoms with Crippen LogP contribution in [-0.4, -0.2) is 37.0 Å². The van der Waals surface area contributed by atoms with E-state index in [9.17, 15) is 4.79 Å². The van der Waals surface area contributed by atoms with Gasteiger partial charge in [-0.05, 0) is 24.5 Å². The highest BCUT2D eigenvalue weighted by Crippen LogP contribution is 1.99. The fourth-order valence-electron chi connectivity index (χ4n) is 1.05. The van der Waals surface area contributed by atoms with E-state index in [4.69, 9.17) is 0 Å². The molecule has 0 aromatic carbocycles. The first-order chi connectivity index (χ1) is 7.18. The lowest BCUT2D eigenvalue weighted by Crippen LogP contribution is -2.34. The van der Waals surface area contributed by atoms with Crippen LogP contribution < -0.4 is 10.6 Å². The lowest BCUT2D eigenvalue weighted by atomic mass is 10.2. The zero-order chi connectivity index (χ0) is 11.5. The van der Waals surface area contributed by atoms with E-state index in [1.54, 1.807) is 0 Å². The highest BCUT2D eigenvalue weighted by Gasteiger charge is 2.04. The minimum Gasteiger partial charge on any atom is -0.355 e. The van der Waals surface area contributed by atoms with Crippen LogP contribution in [0, 0.1) is 5.92 Å². The second-order valence-electron chi connectivity index (χ2n) is 3.75. The molecule has 0 fully saturated rings. The van der Waals surface area contributed by atoms with Crippen molar-refractivity contribution >= 4 is 17.7 Å². The second-order valence-corrected chi connectivity index (χ2v) is 5.14. The largest absolute Gasteiger partial charge is 0.355 e. The van der Waals surface area contributed by atoms with Crippen LogP contribution in [0.4, 0.5) is 0 Å². The quantitative estimate of drug-likeness (QED) is 0.592. The van der Waals surface area contributed by atoms with Gasteiger partial charge in [-0.1, -0.05) is 20.8 Å². The van der Waals surface area contributed by atoms with Gasteiger partial charge in [-0.2, -0.15) is 11.8 Å². The third-order valence-electron chi connectivity index (χ3n) is 1.97. The first kappa shape index (κ1) is 14.8. The Balaban J connectivity index is 3.08. The van der Waals surface area contributed by atoms with Crippen molar-refractivity contribution in [2.24, 2.45) is 5.92 Å². The van der Waals surface area contributed by atoms with Gasteiger partial charge in [-0.15, -0.1) is 0 Å². The summed E-state index contributed by atoms with van der Waals surface area (Å²) in [6.07, 6.45) is 1.20. The van der Waals surface area contributed by atoms with Crippen LogP contribution in [-0.2, 0) is 4.79 Å². The third-order valence-corrected chi connectivity index (χ3v) is 2.96. The maximum atomic E-state index is 11.2. The van der Waals surface area contributed by atoms with E-state index in [1.165, 1.54) is 17.9 Å². The molecule has 4 heteroatoms. The van der Waals surface area contributed by atoms with Gasteiger partial charge < -0.3 is 10.6 Å². The SMILES string of the molecule is CCSCCCNCCNC(=O)C(C)C. The maximum Gasteiger partial charge on any atom is 0.222 e. The minimum atomic E-state index is 0.0888. The van der Waals surface area contributed by atoms with E-state index in [-0.39, 0.29) is 11.8 Å². The van der Waals surface area contributed by atoms with Crippen molar-refractivity contribution in [3.05, 3.63) is 0 Å². The molecule has 3 nitrogen and oxygen atoms in total. The average Bonchev–Trinajstić information content (AvgIpc) is 2.21. The summed E-state index contributed by atoms with van der Waals surface area (Å²) in [5.74, 6) is 2.65. The van der Waals surface area contributed by atoms with Gasteiger partial charge in [0.15, 0.2) is 0 Å². The van der Waals surface area contributed by atoms with Gasteiger partial charge in [0.1, 0.15) is 0 Å². The summed E-state index contributed by atoms with van der Waals surface area (Å²) in [4.78, 5) is 11.2. The van der Waals surface area contributed by atoms with E-state index in [0.29, 0.717) is 0 Å². The molecule has 90 valence electrons. The Morgan fingerprint density at radius 1 is 1.27 bits per heavy atom. The molecule has 0 aliphatic carbocycles. The van der Waals surface area contributed by atoms with Crippen LogP contribution in [0.1, 0.15) is 27.2 Å². The molecule has 0 saturated carbocycles. The molecular formula is C11H24N2OS. The number of amides is 1. The predicted octanol–water partition coefficient (Wildman–Crippen LogP) is 1.49. The molecule has 0 aliphatic rings. The van der Waals surface area contributed by atoms with Crippen LogP contribution >= 0.6 is 11.8 Å². The van der Waals surface area contributed by atoms with Gasteiger partial charge >= 0.3 is 0 Å². The van der Waals surface area contributed by atoms with Crippen molar-refractivity contribution in [3.63, 3.8) is 0 Å². The second kappa shape index (κ2) is 10.3. The van der Waals surface area contributed by atoms with E-state index in [0.717, 1.165) is 19.6 Å². The van der Waals surface area contributed by atoms with Gasteiger partial charge in [-0.25, -0.2) is 0 Å². The number of nitrogens with one attached hydrogen (secondary N) is 2. The van der Waals surface area contributed by atoms with Gasteiger partial charge in [0.2, 0.25) is 5.91 Å². The summed E-state index contributed by atoms with van der Waals surface area (Å²) in [5.41, 5.74) is 0. The van der Waals surface area contributed by atoms with Crippen molar-refractivity contribution < 1.29 is 4.79 Å². The summed E-state index contributed by atoms with van der Waals surface area (Å²) < 4.78 is 0. The zero-order valence-corrected chi connectivity index (χ0v) is 11.0. The Morgan fingerprint density at radius 3 is 2.60 bits per heavy atom. The predicted molar refractivity (Wildman–Crippen MR) is 68.3 cm³/mol. The summed E-state index contributed by atoms with van der Waals surface area (Å²) in [6.45, 7) is 8.65. The topological polar surface area (TPSA) is 41.1 Å². The Bertz CT molecular complexity index is 163. The van der Waals surface area contributed by atoms with E-state index in [2.05, 4.69) is 17.6 Å². The molecule has 0 radical (unpaired) electrons. The number of thioether (sulfide) groups is 1. The Kier molecular flexibility index (Phi) is 10.2. The molecule has 1 amide bonds. The lowest BCUT2D eigenvalue weighted by Gasteiger charge is -2.08. The molecule has 0 atom stereocenters. The molecule has 15 heavy (non-hydrogen) atoms. The molecule has 0 aromatic heterocycles. The van der Waals surface area contributed by atoms with Crippen LogP contribution in [0.2, 0.25) is 0 Å². The van der Waals surface area contributed by atoms with Crippen molar-refractivity contribution in [3.8, 4) is 0 Å². The van der Waals surface area contributed by atoms with Crippen molar-refractivity contribution in [1.82, 2.24) is 10.6 Å². The highest BCUT2D eigenvalue weighted by molar-refractivity contribution is 7.99. The van der Waals surface area contributed by atoms with E-state index in [1.807, 2.05) is 25.6 Å². The minimum absolute atomic E-state index is 0.0888. The van der Waals surface area contributed by atoms with Gasteiger partial charge in [-0.3, -0.25) is 4.79 Å². The molecule has 0 unspecified atom stereocenters. The first-order valence-electron chi connectivity index (χ1n) is 5.74. The summed E-state index contributed by atoms with van der Waals surface area (Å²) in [7, 11) is 0. The van der Waals surface area contributed by atoms with E-state index >= 15 is 0 Å². The molecule has 2 N–H and O–H groups in total. The van der Waals surface area contributed by atoms with E-state index < -0.39 is 0 Å². The molecule has 0 rings (SSSR count). The Hall–Kier alpha value is -0.220. The lowest BCUT2D eigenvalue weighted by molar-refractivity contribution is -0.123. The van der Waals surface area contributed by atoms with Crippen LogP contribution in [0.15, 0.2) is 0 Å². The number of carbonyl (C=O) groups is 1. The zero-order valence-electron chi connectivity index (χ0n) is 10.1. The van der Waals surface area contributed by atoms with Gasteiger partial charge in [0.25, 0.3) is 0 Å². The van der Waals surface area contributed by atoms with Crippen molar-refractivity contribution in [1.29, 1.82) is 0 Å². The third kappa shape index (κ3) is 10.1. The molecule has 0 spiro atoms. The smallest absolute Gasteiger partial charge is 0.222 e. The van der Waals surface area contributed by atoms with Crippen LogP contribution in [0.5, 0.6) is 0 Å². The number of rotatable bonds is 9. The van der Waals surface area contributed by atoms with Gasteiger partial charge in [0, 0.05) is 19.0 Å². The monoisotopic (exact) mass is 232 g/mol. The first-order valence-corrected chi connectivity index (χ1v) is 6.90. The number of carbonyl (C=O) groups excluding carboxylic acids is 1. The fraction of sp³-hybridized carbons (Fsp3) is 0.909. The van der Waals surface area contributed by atoms with Crippen molar-refractivity contribution in [2.75, 3.05) is 31.1 Å². The standard InChI is InChI=1S/C11H24N2OS/c1-4-15-9-5-6-12-7-8-13-11(14)10(2)3/h10,12H,4-9H2,1-3H3,(H,13,14). The molecule has 0 aromatic rings. The van der Waals surface area contributed by atoms with Crippen LogP contribution in [0.3, 0.4) is 0 Å². The average molecular weight is 232 g/mol. The van der Waals surface area contributed by atoms with Crippen LogP contribution in [0.25, 0.3) is 0 Å². The summed E-state index contributed by atoms with van der Waals surface area (Å²) in [5, 5.41) is 6.19. The molecule has 0 bridgehead atoms. The van der Waals surface area contributed by atoms with Gasteiger partial charge in [0.05, 0.1) is 0 Å². The molecule has 0 heterocycles. The Morgan fingerprint density at radius 2 is 2.00 bits per heavy atom. The summed E-state index contributed by atoms with van der Waals surface area (Å²) >= 11 is 1.97. The number of hydrogen-bond donors (Lipinski definition) is 2. The maximum absolute atomic E-state index is 11.2. The number of hydrogen-bond acceptors (Lipinski definition) is 3. The molecule has 0 saturated heterocycles. The fourth-order valence-corrected chi connectivity index (χ4v) is 1.68. The summed E-state index contributed by atoms with van der Waals surface area (Å²) in [6, 6.07) is 0. The molecular weight excluding hydrogens is 208 g/mol. The highest BCUT2D eigenvalue weighted by atomic mass is 32.2. The van der Waals surface area contributed by atoms with Crippen molar-refractivity contribution in [2.45, 2.75) is 27.2 Å². The molecule has 0 aliphatic heterocycles.